The maximum Gasteiger partial charge on any atom is 0.253 e. The van der Waals surface area contributed by atoms with E-state index >= 15 is 0 Å². The predicted octanol–water partition coefficient (Wildman–Crippen LogP) is 3.94. The minimum absolute atomic E-state index is 0.119. The minimum Gasteiger partial charge on any atom is -0.380 e. The summed E-state index contributed by atoms with van der Waals surface area (Å²) in [5.41, 5.74) is 3.19. The van der Waals surface area contributed by atoms with Crippen LogP contribution in [0, 0.1) is 0 Å². The zero-order valence-corrected chi connectivity index (χ0v) is 16.3. The van der Waals surface area contributed by atoms with E-state index < -0.39 is 0 Å². The number of ether oxygens (including phenoxy) is 1. The van der Waals surface area contributed by atoms with Crippen LogP contribution in [0.4, 0.5) is 0 Å². The Kier molecular flexibility index (Phi) is 5.70. The van der Waals surface area contributed by atoms with Crippen molar-refractivity contribution in [3.63, 3.8) is 0 Å². The summed E-state index contributed by atoms with van der Waals surface area (Å²) in [4.78, 5) is 17.2. The summed E-state index contributed by atoms with van der Waals surface area (Å²) < 4.78 is 5.13. The van der Waals surface area contributed by atoms with Crippen molar-refractivity contribution in [3.8, 4) is 0 Å². The number of carbonyl (C=O) groups is 1. The van der Waals surface area contributed by atoms with Crippen LogP contribution >= 0.6 is 0 Å². The third-order valence-corrected chi connectivity index (χ3v) is 5.45. The van der Waals surface area contributed by atoms with Crippen LogP contribution < -0.4 is 0 Å². The van der Waals surface area contributed by atoms with Crippen LogP contribution in [0.1, 0.15) is 21.5 Å². The number of piperazine rings is 1. The third-order valence-electron chi connectivity index (χ3n) is 5.45. The largest absolute Gasteiger partial charge is 0.380 e. The summed E-state index contributed by atoms with van der Waals surface area (Å²) in [5, 5.41) is 2.60. The summed E-state index contributed by atoms with van der Waals surface area (Å²) in [5.74, 6) is 0.119. The number of hydrogen-bond donors (Lipinski definition) is 0. The lowest BCUT2D eigenvalue weighted by atomic mass is 10.0. The van der Waals surface area contributed by atoms with Crippen molar-refractivity contribution in [2.24, 2.45) is 0 Å². The minimum atomic E-state index is 0.119. The molecule has 3 aromatic carbocycles. The number of amides is 1. The fourth-order valence-electron chi connectivity index (χ4n) is 3.87. The van der Waals surface area contributed by atoms with Gasteiger partial charge in [-0.2, -0.15) is 0 Å². The van der Waals surface area contributed by atoms with Gasteiger partial charge in [0.2, 0.25) is 0 Å². The molecular formula is C24H26N2O2. The van der Waals surface area contributed by atoms with E-state index in [9.17, 15) is 4.79 Å². The second kappa shape index (κ2) is 8.55. The average Bonchev–Trinajstić information content (AvgIpc) is 2.75. The van der Waals surface area contributed by atoms with Crippen molar-refractivity contribution in [1.29, 1.82) is 0 Å². The number of rotatable bonds is 5. The standard InChI is InChI=1S/C24H26N2O2/c1-28-18-19-9-11-21(12-10-19)24(27)26-15-13-25(14-16-26)17-22-7-4-6-20-5-2-3-8-23(20)22/h2-12H,13-18H2,1H3. The first-order chi connectivity index (χ1) is 13.7. The first kappa shape index (κ1) is 18.7. The molecule has 0 aliphatic carbocycles. The van der Waals surface area contributed by atoms with Crippen LogP contribution in [0.25, 0.3) is 10.8 Å². The molecule has 4 rings (SSSR count). The Balaban J connectivity index is 1.37. The zero-order chi connectivity index (χ0) is 19.3. The Hall–Kier alpha value is -2.69. The van der Waals surface area contributed by atoms with Gasteiger partial charge in [-0.1, -0.05) is 54.6 Å². The molecule has 4 nitrogen and oxygen atoms in total. The molecule has 0 N–H and O–H groups in total. The van der Waals surface area contributed by atoms with Crippen molar-refractivity contribution in [1.82, 2.24) is 9.80 Å². The molecule has 0 saturated carbocycles. The topological polar surface area (TPSA) is 32.8 Å². The Morgan fingerprint density at radius 2 is 1.61 bits per heavy atom. The molecule has 1 fully saturated rings. The summed E-state index contributed by atoms with van der Waals surface area (Å²) in [6.45, 7) is 4.83. The number of nitrogens with zero attached hydrogens (tertiary/aromatic N) is 2. The number of benzene rings is 3. The molecule has 0 aromatic heterocycles. The first-order valence-corrected chi connectivity index (χ1v) is 9.81. The predicted molar refractivity (Wildman–Crippen MR) is 112 cm³/mol. The number of carbonyl (C=O) groups excluding carboxylic acids is 1. The van der Waals surface area contributed by atoms with Gasteiger partial charge < -0.3 is 9.64 Å². The summed E-state index contributed by atoms with van der Waals surface area (Å²) in [6, 6.07) is 22.8. The molecule has 0 atom stereocenters. The van der Waals surface area contributed by atoms with Gasteiger partial charge in [0.1, 0.15) is 0 Å². The van der Waals surface area contributed by atoms with Gasteiger partial charge in [0.05, 0.1) is 6.61 Å². The fraction of sp³-hybridized carbons (Fsp3) is 0.292. The molecule has 0 spiro atoms. The number of fused-ring (bicyclic) bond motifs is 1. The second-order valence-corrected chi connectivity index (χ2v) is 7.34. The zero-order valence-electron chi connectivity index (χ0n) is 16.3. The van der Waals surface area contributed by atoms with E-state index in [4.69, 9.17) is 4.74 Å². The second-order valence-electron chi connectivity index (χ2n) is 7.34. The van der Waals surface area contributed by atoms with Crippen LogP contribution in [0.2, 0.25) is 0 Å². The SMILES string of the molecule is COCc1ccc(C(=O)N2CCN(Cc3cccc4ccccc34)CC2)cc1. The van der Waals surface area contributed by atoms with Crippen molar-refractivity contribution < 1.29 is 9.53 Å². The lowest BCUT2D eigenvalue weighted by Gasteiger charge is -2.35. The lowest BCUT2D eigenvalue weighted by Crippen LogP contribution is -2.48. The molecular weight excluding hydrogens is 348 g/mol. The highest BCUT2D eigenvalue weighted by Crippen LogP contribution is 2.21. The number of hydrogen-bond acceptors (Lipinski definition) is 3. The van der Waals surface area contributed by atoms with E-state index in [-0.39, 0.29) is 5.91 Å². The van der Waals surface area contributed by atoms with E-state index in [1.807, 2.05) is 29.2 Å². The number of methoxy groups -OCH3 is 1. The highest BCUT2D eigenvalue weighted by atomic mass is 16.5. The van der Waals surface area contributed by atoms with Gasteiger partial charge >= 0.3 is 0 Å². The van der Waals surface area contributed by atoms with Gasteiger partial charge in [-0.25, -0.2) is 0 Å². The van der Waals surface area contributed by atoms with Gasteiger partial charge in [0.15, 0.2) is 0 Å². The Labute approximate surface area is 166 Å². The third kappa shape index (κ3) is 4.08. The summed E-state index contributed by atoms with van der Waals surface area (Å²) >= 11 is 0. The maximum atomic E-state index is 12.8. The van der Waals surface area contributed by atoms with E-state index in [1.165, 1.54) is 16.3 Å². The van der Waals surface area contributed by atoms with Gasteiger partial charge in [-0.3, -0.25) is 9.69 Å². The molecule has 0 radical (unpaired) electrons. The molecule has 3 aromatic rings. The summed E-state index contributed by atoms with van der Waals surface area (Å²) in [7, 11) is 1.68. The maximum absolute atomic E-state index is 12.8. The van der Waals surface area contributed by atoms with Crippen molar-refractivity contribution >= 4 is 16.7 Å². The van der Waals surface area contributed by atoms with Crippen LogP contribution in [-0.4, -0.2) is 49.0 Å². The molecule has 1 heterocycles. The Morgan fingerprint density at radius 3 is 2.36 bits per heavy atom. The van der Waals surface area contributed by atoms with E-state index in [2.05, 4.69) is 47.4 Å². The summed E-state index contributed by atoms with van der Waals surface area (Å²) in [6.07, 6.45) is 0. The molecule has 1 aliphatic rings. The average molecular weight is 374 g/mol. The molecule has 1 saturated heterocycles. The monoisotopic (exact) mass is 374 g/mol. The smallest absolute Gasteiger partial charge is 0.253 e. The fourth-order valence-corrected chi connectivity index (χ4v) is 3.87. The van der Waals surface area contributed by atoms with Crippen LogP contribution in [0.15, 0.2) is 66.7 Å². The quantitative estimate of drug-likeness (QED) is 0.678. The molecule has 144 valence electrons. The van der Waals surface area contributed by atoms with Crippen molar-refractivity contribution in [3.05, 3.63) is 83.4 Å². The van der Waals surface area contributed by atoms with E-state index in [0.717, 1.165) is 43.9 Å². The molecule has 28 heavy (non-hydrogen) atoms. The highest BCUT2D eigenvalue weighted by molar-refractivity contribution is 5.94. The van der Waals surface area contributed by atoms with Crippen molar-refractivity contribution in [2.75, 3.05) is 33.3 Å². The molecule has 0 unspecified atom stereocenters. The van der Waals surface area contributed by atoms with E-state index in [0.29, 0.717) is 6.61 Å². The van der Waals surface area contributed by atoms with Crippen LogP contribution in [0.3, 0.4) is 0 Å². The molecule has 4 heteroatoms. The molecule has 1 aliphatic heterocycles. The van der Waals surface area contributed by atoms with E-state index in [1.54, 1.807) is 7.11 Å². The van der Waals surface area contributed by atoms with Gasteiger partial charge in [0, 0.05) is 45.4 Å². The van der Waals surface area contributed by atoms with Gasteiger partial charge in [-0.05, 0) is 34.0 Å². The Bertz CT molecular complexity index is 939. The Morgan fingerprint density at radius 1 is 0.893 bits per heavy atom. The lowest BCUT2D eigenvalue weighted by molar-refractivity contribution is 0.0629. The van der Waals surface area contributed by atoms with Crippen LogP contribution in [0.5, 0.6) is 0 Å². The molecule has 1 amide bonds. The van der Waals surface area contributed by atoms with Crippen LogP contribution in [-0.2, 0) is 17.9 Å². The highest BCUT2D eigenvalue weighted by Gasteiger charge is 2.22. The normalized spacial score (nSPS) is 15.1. The first-order valence-electron chi connectivity index (χ1n) is 9.81. The van der Waals surface area contributed by atoms with Gasteiger partial charge in [0.25, 0.3) is 5.91 Å². The van der Waals surface area contributed by atoms with Crippen molar-refractivity contribution in [2.45, 2.75) is 13.2 Å². The molecule has 0 bridgehead atoms. The van der Waals surface area contributed by atoms with Gasteiger partial charge in [-0.15, -0.1) is 0 Å².